The molecule has 0 atom stereocenters. The van der Waals surface area contributed by atoms with Crippen LogP contribution in [0, 0.1) is 0 Å². The molecule has 0 aliphatic carbocycles. The van der Waals surface area contributed by atoms with Gasteiger partial charge in [-0.2, -0.15) is 26.3 Å². The first-order valence-electron chi connectivity index (χ1n) is 4.56. The normalized spacial score (nSPS) is 13.6. The van der Waals surface area contributed by atoms with Crippen LogP contribution in [0.1, 0.15) is 15.9 Å². The lowest BCUT2D eigenvalue weighted by molar-refractivity contribution is -0.0911. The maximum absolute atomic E-state index is 12.5. The number of carbonyl (C=O) groups is 1. The fourth-order valence-corrected chi connectivity index (χ4v) is 1.23. The summed E-state index contributed by atoms with van der Waals surface area (Å²) in [5.74, 6) is 0. The molecule has 1 rings (SSSR count). The third-order valence-corrected chi connectivity index (χ3v) is 1.97. The second-order valence-corrected chi connectivity index (χ2v) is 3.34. The Hall–Kier alpha value is -1.79. The predicted molar refractivity (Wildman–Crippen MR) is 51.9 cm³/mol. The van der Waals surface area contributed by atoms with Gasteiger partial charge in [-0.15, -0.1) is 0 Å². The van der Waals surface area contributed by atoms with Gasteiger partial charge in [-0.25, -0.2) is 0 Å². The molecule has 0 saturated carbocycles. The van der Waals surface area contributed by atoms with Crippen molar-refractivity contribution < 1.29 is 31.1 Å². The molecule has 0 radical (unpaired) electrons. The fraction of sp³-hybridized carbons (Fsp3) is 0.182. The number of benzene rings is 1. The van der Waals surface area contributed by atoms with Gasteiger partial charge in [-0.05, 0) is 5.56 Å². The molecule has 0 unspecified atom stereocenters. The zero-order chi connectivity index (χ0) is 14.0. The van der Waals surface area contributed by atoms with Crippen LogP contribution in [0.5, 0.6) is 0 Å². The molecule has 0 spiro atoms. The molecule has 18 heavy (non-hydrogen) atoms. The van der Waals surface area contributed by atoms with Gasteiger partial charge in [0.25, 0.3) is 0 Å². The average Bonchev–Trinajstić information content (AvgIpc) is 2.24. The van der Waals surface area contributed by atoms with Crippen LogP contribution in [0.2, 0.25) is 0 Å². The van der Waals surface area contributed by atoms with Crippen LogP contribution in [0.3, 0.4) is 0 Å². The summed E-state index contributed by atoms with van der Waals surface area (Å²) < 4.78 is 73.5. The molecule has 0 bridgehead atoms. The van der Waals surface area contributed by atoms with E-state index in [-0.39, 0.29) is 5.56 Å². The van der Waals surface area contributed by atoms with Crippen molar-refractivity contribution in [3.05, 3.63) is 41.5 Å². The molecule has 0 N–H and O–H groups in total. The van der Waals surface area contributed by atoms with Crippen molar-refractivity contribution in [3.63, 3.8) is 0 Å². The molecule has 0 amide bonds. The summed E-state index contributed by atoms with van der Waals surface area (Å²) in [4.78, 5) is 10.3. The van der Waals surface area contributed by atoms with E-state index in [1.54, 1.807) is 0 Å². The number of hydrogen-bond donors (Lipinski definition) is 0. The van der Waals surface area contributed by atoms with Gasteiger partial charge < -0.3 is 0 Å². The Kier molecular flexibility index (Phi) is 3.83. The molecule has 0 aromatic heterocycles. The van der Waals surface area contributed by atoms with Crippen molar-refractivity contribution >= 4 is 11.9 Å². The highest BCUT2D eigenvalue weighted by Crippen LogP contribution is 2.36. The number of alkyl halides is 6. The van der Waals surface area contributed by atoms with Crippen LogP contribution in [-0.2, 0) is 0 Å². The summed E-state index contributed by atoms with van der Waals surface area (Å²) in [6.07, 6.45) is -10.6. The highest BCUT2D eigenvalue weighted by Gasteiger charge is 2.39. The Labute approximate surface area is 97.7 Å². The number of halogens is 6. The second kappa shape index (κ2) is 4.83. The molecule has 0 heterocycles. The number of carbonyl (C=O) groups excluding carboxylic acids is 1. The largest absolute Gasteiger partial charge is 0.417 e. The van der Waals surface area contributed by atoms with Crippen LogP contribution in [0.4, 0.5) is 26.3 Å². The van der Waals surface area contributed by atoms with Gasteiger partial charge >= 0.3 is 12.4 Å². The molecule has 1 aromatic rings. The van der Waals surface area contributed by atoms with E-state index in [0.717, 1.165) is 24.3 Å². The first-order chi connectivity index (χ1) is 8.13. The van der Waals surface area contributed by atoms with E-state index in [0.29, 0.717) is 6.29 Å². The van der Waals surface area contributed by atoms with Gasteiger partial charge in [0.15, 0.2) is 0 Å². The van der Waals surface area contributed by atoms with Gasteiger partial charge in [0, 0.05) is 11.6 Å². The molecule has 98 valence electrons. The van der Waals surface area contributed by atoms with Gasteiger partial charge in [0.2, 0.25) is 0 Å². The summed E-state index contributed by atoms with van der Waals surface area (Å²) in [6.45, 7) is 0. The van der Waals surface area contributed by atoms with E-state index < -0.39 is 29.6 Å². The number of allylic oxidation sites excluding steroid dienone is 2. The Balaban J connectivity index is 3.27. The smallest absolute Gasteiger partial charge is 0.298 e. The average molecular weight is 268 g/mol. The summed E-state index contributed by atoms with van der Waals surface area (Å²) in [5.41, 5.74) is -2.37. The standard InChI is InChI=1S/C11H6F6O/c12-10(13,14)5-9(11(15,16)17)8-3-1-7(6-18)2-4-8/h1-6H/b9-5+. The minimum absolute atomic E-state index is 0.0762. The van der Waals surface area contributed by atoms with E-state index in [1.807, 2.05) is 0 Å². The molecule has 0 aliphatic heterocycles. The minimum atomic E-state index is -5.13. The lowest BCUT2D eigenvalue weighted by atomic mass is 10.0. The number of hydrogen-bond acceptors (Lipinski definition) is 1. The maximum Gasteiger partial charge on any atom is 0.417 e. The van der Waals surface area contributed by atoms with Gasteiger partial charge in [-0.1, -0.05) is 24.3 Å². The molecule has 0 aliphatic rings. The highest BCUT2D eigenvalue weighted by atomic mass is 19.4. The molecule has 1 aromatic carbocycles. The van der Waals surface area contributed by atoms with Crippen LogP contribution < -0.4 is 0 Å². The summed E-state index contributed by atoms with van der Waals surface area (Å²) in [6, 6.07) is 3.65. The van der Waals surface area contributed by atoms with Gasteiger partial charge in [-0.3, -0.25) is 4.79 Å². The molecule has 7 heteroatoms. The Bertz CT molecular complexity index is 452. The third kappa shape index (κ3) is 3.90. The van der Waals surface area contributed by atoms with Crippen molar-refractivity contribution in [2.75, 3.05) is 0 Å². The monoisotopic (exact) mass is 268 g/mol. The predicted octanol–water partition coefficient (Wildman–Crippen LogP) is 4.01. The molecular weight excluding hydrogens is 262 g/mol. The van der Waals surface area contributed by atoms with Crippen molar-refractivity contribution in [2.24, 2.45) is 0 Å². The number of aldehydes is 1. The second-order valence-electron chi connectivity index (χ2n) is 3.34. The van der Waals surface area contributed by atoms with Crippen molar-refractivity contribution in [1.82, 2.24) is 0 Å². The van der Waals surface area contributed by atoms with Crippen molar-refractivity contribution in [2.45, 2.75) is 12.4 Å². The lowest BCUT2D eigenvalue weighted by Gasteiger charge is -2.13. The Morgan fingerprint density at radius 3 is 1.78 bits per heavy atom. The first-order valence-corrected chi connectivity index (χ1v) is 4.56. The summed E-state index contributed by atoms with van der Waals surface area (Å²) in [5, 5.41) is 0. The minimum Gasteiger partial charge on any atom is -0.298 e. The maximum atomic E-state index is 12.5. The van der Waals surface area contributed by atoms with E-state index in [1.165, 1.54) is 0 Å². The summed E-state index contributed by atoms with van der Waals surface area (Å²) in [7, 11) is 0. The number of rotatable bonds is 2. The molecular formula is C11H6F6O. The third-order valence-electron chi connectivity index (χ3n) is 1.97. The highest BCUT2D eigenvalue weighted by molar-refractivity contribution is 5.77. The van der Waals surface area contributed by atoms with E-state index in [9.17, 15) is 31.1 Å². The van der Waals surface area contributed by atoms with Crippen LogP contribution in [-0.4, -0.2) is 18.6 Å². The van der Waals surface area contributed by atoms with Crippen LogP contribution in [0.15, 0.2) is 30.3 Å². The SMILES string of the molecule is O=Cc1ccc(/C(=C\C(F)(F)F)C(F)(F)F)cc1. The lowest BCUT2D eigenvalue weighted by Crippen LogP contribution is -2.15. The first kappa shape index (κ1) is 14.3. The zero-order valence-corrected chi connectivity index (χ0v) is 8.64. The quantitative estimate of drug-likeness (QED) is 0.585. The molecule has 0 saturated heterocycles. The van der Waals surface area contributed by atoms with E-state index in [2.05, 4.69) is 0 Å². The van der Waals surface area contributed by atoms with E-state index in [4.69, 9.17) is 0 Å². The van der Waals surface area contributed by atoms with Gasteiger partial charge in [0.1, 0.15) is 6.29 Å². The fourth-order valence-electron chi connectivity index (χ4n) is 1.23. The Morgan fingerprint density at radius 1 is 0.944 bits per heavy atom. The topological polar surface area (TPSA) is 17.1 Å². The van der Waals surface area contributed by atoms with Gasteiger partial charge in [0.05, 0.1) is 5.57 Å². The van der Waals surface area contributed by atoms with Crippen LogP contribution >= 0.6 is 0 Å². The van der Waals surface area contributed by atoms with Crippen molar-refractivity contribution in [1.29, 1.82) is 0 Å². The molecule has 0 fully saturated rings. The summed E-state index contributed by atoms with van der Waals surface area (Å²) >= 11 is 0. The molecule has 1 nitrogen and oxygen atoms in total. The Morgan fingerprint density at radius 2 is 1.44 bits per heavy atom. The zero-order valence-electron chi connectivity index (χ0n) is 8.64. The van der Waals surface area contributed by atoms with Crippen LogP contribution in [0.25, 0.3) is 5.57 Å². The van der Waals surface area contributed by atoms with E-state index >= 15 is 0 Å². The van der Waals surface area contributed by atoms with Crippen molar-refractivity contribution in [3.8, 4) is 0 Å².